The van der Waals surface area contributed by atoms with Crippen molar-refractivity contribution >= 4 is 17.2 Å². The summed E-state index contributed by atoms with van der Waals surface area (Å²) in [5, 5.41) is 1.12. The van der Waals surface area contributed by atoms with Gasteiger partial charge in [0.1, 0.15) is 6.29 Å². The van der Waals surface area contributed by atoms with Gasteiger partial charge in [-0.25, -0.2) is 0 Å². The van der Waals surface area contributed by atoms with E-state index in [1.165, 1.54) is 0 Å². The third-order valence-electron chi connectivity index (χ3n) is 3.38. The number of aromatic nitrogens is 2. The molecule has 1 aromatic carbocycles. The van der Waals surface area contributed by atoms with Crippen LogP contribution in [0.5, 0.6) is 0 Å². The molecule has 0 aliphatic heterocycles. The monoisotopic (exact) mass is 250 g/mol. The van der Waals surface area contributed by atoms with Crippen molar-refractivity contribution in [2.24, 2.45) is 0 Å². The number of benzene rings is 1. The van der Waals surface area contributed by atoms with E-state index in [2.05, 4.69) is 21.7 Å². The maximum absolute atomic E-state index is 11.1. The fourth-order valence-electron chi connectivity index (χ4n) is 2.36. The van der Waals surface area contributed by atoms with Crippen molar-refractivity contribution in [1.29, 1.82) is 0 Å². The maximum Gasteiger partial charge on any atom is 0.127 e. The number of rotatable bonds is 3. The number of carbonyl (C=O) groups is 1. The highest BCUT2D eigenvalue weighted by molar-refractivity contribution is 5.88. The van der Waals surface area contributed by atoms with Gasteiger partial charge < -0.3 is 9.36 Å². The zero-order valence-corrected chi connectivity index (χ0v) is 10.7. The third-order valence-corrected chi connectivity index (χ3v) is 3.38. The van der Waals surface area contributed by atoms with Gasteiger partial charge in [-0.05, 0) is 23.8 Å². The molecule has 1 unspecified atom stereocenters. The van der Waals surface area contributed by atoms with Gasteiger partial charge in [0.15, 0.2) is 0 Å². The van der Waals surface area contributed by atoms with Crippen LogP contribution >= 0.6 is 0 Å². The number of aldehydes is 1. The summed E-state index contributed by atoms with van der Waals surface area (Å²) in [5.41, 5.74) is 3.22. The molecule has 3 aromatic rings. The number of para-hydroxylation sites is 1. The van der Waals surface area contributed by atoms with E-state index in [1.807, 2.05) is 37.4 Å². The SMILES string of the molecule is CC(C=O)c1cn(-c2ccncc2)c2ccccc12. The normalized spacial score (nSPS) is 12.5. The van der Waals surface area contributed by atoms with Crippen molar-refractivity contribution in [2.45, 2.75) is 12.8 Å². The summed E-state index contributed by atoms with van der Waals surface area (Å²) in [5.74, 6) is -0.104. The number of hydrogen-bond acceptors (Lipinski definition) is 2. The van der Waals surface area contributed by atoms with Crippen LogP contribution in [-0.4, -0.2) is 15.8 Å². The fourth-order valence-corrected chi connectivity index (χ4v) is 2.36. The average molecular weight is 250 g/mol. The summed E-state index contributed by atoms with van der Waals surface area (Å²) in [6, 6.07) is 12.1. The zero-order chi connectivity index (χ0) is 13.2. The Hall–Kier alpha value is -2.42. The van der Waals surface area contributed by atoms with Gasteiger partial charge in [0.25, 0.3) is 0 Å². The van der Waals surface area contributed by atoms with Crippen molar-refractivity contribution in [2.75, 3.05) is 0 Å². The van der Waals surface area contributed by atoms with Crippen LogP contribution in [0.15, 0.2) is 55.0 Å². The van der Waals surface area contributed by atoms with Gasteiger partial charge in [0.2, 0.25) is 0 Å². The quantitative estimate of drug-likeness (QED) is 0.668. The molecule has 0 bridgehead atoms. The summed E-state index contributed by atoms with van der Waals surface area (Å²) >= 11 is 0. The van der Waals surface area contributed by atoms with Crippen LogP contribution in [0.3, 0.4) is 0 Å². The molecule has 0 amide bonds. The molecule has 1 atom stereocenters. The molecule has 0 N–H and O–H groups in total. The summed E-state index contributed by atoms with van der Waals surface area (Å²) in [7, 11) is 0. The standard InChI is InChI=1S/C16H14N2O/c1-12(11-19)15-10-18(13-6-8-17-9-7-13)16-5-3-2-4-14(15)16/h2-12H,1H3. The van der Waals surface area contributed by atoms with Crippen LogP contribution in [0.1, 0.15) is 18.4 Å². The molecule has 2 aromatic heterocycles. The lowest BCUT2D eigenvalue weighted by atomic mass is 10.0. The van der Waals surface area contributed by atoms with Crippen LogP contribution in [-0.2, 0) is 4.79 Å². The number of nitrogens with zero attached hydrogens (tertiary/aromatic N) is 2. The first-order chi connectivity index (χ1) is 9.31. The predicted molar refractivity (Wildman–Crippen MR) is 75.5 cm³/mol. The molecule has 0 spiro atoms. The lowest BCUT2D eigenvalue weighted by Gasteiger charge is -2.03. The van der Waals surface area contributed by atoms with Crippen molar-refractivity contribution in [1.82, 2.24) is 9.55 Å². The molecule has 3 nitrogen and oxygen atoms in total. The van der Waals surface area contributed by atoms with Crippen molar-refractivity contribution in [3.63, 3.8) is 0 Å². The Kier molecular flexibility index (Phi) is 2.88. The molecule has 94 valence electrons. The van der Waals surface area contributed by atoms with Gasteiger partial charge in [-0.15, -0.1) is 0 Å². The summed E-state index contributed by atoms with van der Waals surface area (Å²) in [6.07, 6.45) is 6.57. The van der Waals surface area contributed by atoms with Gasteiger partial charge in [-0.2, -0.15) is 0 Å². The first-order valence-electron chi connectivity index (χ1n) is 6.27. The number of fused-ring (bicyclic) bond motifs is 1. The van der Waals surface area contributed by atoms with E-state index in [9.17, 15) is 4.79 Å². The minimum Gasteiger partial charge on any atom is -0.316 e. The van der Waals surface area contributed by atoms with Crippen LogP contribution < -0.4 is 0 Å². The van der Waals surface area contributed by atoms with E-state index in [0.29, 0.717) is 0 Å². The molecule has 2 heterocycles. The second-order valence-corrected chi connectivity index (χ2v) is 4.60. The lowest BCUT2D eigenvalue weighted by Crippen LogP contribution is -1.93. The Labute approximate surface area is 111 Å². The van der Waals surface area contributed by atoms with E-state index < -0.39 is 0 Å². The van der Waals surface area contributed by atoms with Gasteiger partial charge in [0, 0.05) is 35.6 Å². The largest absolute Gasteiger partial charge is 0.316 e. The molecule has 0 aliphatic carbocycles. The van der Waals surface area contributed by atoms with E-state index in [0.717, 1.165) is 28.4 Å². The van der Waals surface area contributed by atoms with Crippen molar-refractivity contribution < 1.29 is 4.79 Å². The highest BCUT2D eigenvalue weighted by Crippen LogP contribution is 2.28. The summed E-state index contributed by atoms with van der Waals surface area (Å²) in [6.45, 7) is 1.92. The van der Waals surface area contributed by atoms with Crippen LogP contribution in [0.4, 0.5) is 0 Å². The highest BCUT2D eigenvalue weighted by Gasteiger charge is 2.13. The van der Waals surface area contributed by atoms with Crippen LogP contribution in [0, 0.1) is 0 Å². The molecule has 0 fully saturated rings. The average Bonchev–Trinajstić information content (AvgIpc) is 2.87. The van der Waals surface area contributed by atoms with Gasteiger partial charge >= 0.3 is 0 Å². The number of hydrogen-bond donors (Lipinski definition) is 0. The Morgan fingerprint density at radius 3 is 2.63 bits per heavy atom. The molecule has 3 heteroatoms. The zero-order valence-electron chi connectivity index (χ0n) is 10.7. The Morgan fingerprint density at radius 1 is 1.16 bits per heavy atom. The molecule has 0 radical (unpaired) electrons. The molecule has 0 aliphatic rings. The van der Waals surface area contributed by atoms with E-state index in [-0.39, 0.29) is 5.92 Å². The van der Waals surface area contributed by atoms with Crippen molar-refractivity contribution in [3.05, 3.63) is 60.6 Å². The minimum atomic E-state index is -0.104. The lowest BCUT2D eigenvalue weighted by molar-refractivity contribution is -0.108. The molecule has 0 saturated heterocycles. The molecule has 0 saturated carbocycles. The third kappa shape index (κ3) is 1.93. The van der Waals surface area contributed by atoms with Crippen molar-refractivity contribution in [3.8, 4) is 5.69 Å². The first-order valence-corrected chi connectivity index (χ1v) is 6.27. The summed E-state index contributed by atoms with van der Waals surface area (Å²) in [4.78, 5) is 15.1. The van der Waals surface area contributed by atoms with Crippen LogP contribution in [0.25, 0.3) is 16.6 Å². The first kappa shape index (κ1) is 11.7. The number of pyridine rings is 1. The second-order valence-electron chi connectivity index (χ2n) is 4.60. The summed E-state index contributed by atoms with van der Waals surface area (Å²) < 4.78 is 2.10. The predicted octanol–water partition coefficient (Wildman–Crippen LogP) is 3.33. The molecule has 3 rings (SSSR count). The Bertz CT molecular complexity index is 716. The Balaban J connectivity index is 2.29. The fraction of sp³-hybridized carbons (Fsp3) is 0.125. The van der Waals surface area contributed by atoms with Gasteiger partial charge in [-0.1, -0.05) is 25.1 Å². The molecular weight excluding hydrogens is 236 g/mol. The van der Waals surface area contributed by atoms with Gasteiger partial charge in [0.05, 0.1) is 5.52 Å². The van der Waals surface area contributed by atoms with Crippen LogP contribution in [0.2, 0.25) is 0 Å². The number of carbonyl (C=O) groups excluding carboxylic acids is 1. The molecular formula is C16H14N2O. The van der Waals surface area contributed by atoms with E-state index in [1.54, 1.807) is 12.4 Å². The highest BCUT2D eigenvalue weighted by atomic mass is 16.1. The Morgan fingerprint density at radius 2 is 1.89 bits per heavy atom. The maximum atomic E-state index is 11.1. The van der Waals surface area contributed by atoms with Gasteiger partial charge in [-0.3, -0.25) is 4.98 Å². The smallest absolute Gasteiger partial charge is 0.127 e. The topological polar surface area (TPSA) is 34.9 Å². The van der Waals surface area contributed by atoms with E-state index >= 15 is 0 Å². The molecule has 19 heavy (non-hydrogen) atoms. The second kappa shape index (κ2) is 4.69. The van der Waals surface area contributed by atoms with E-state index in [4.69, 9.17) is 0 Å². The minimum absolute atomic E-state index is 0.104.